The molecule has 0 aromatic heterocycles. The Morgan fingerprint density at radius 3 is 2.31 bits per heavy atom. The van der Waals surface area contributed by atoms with Gasteiger partial charge in [0.15, 0.2) is 0 Å². The predicted octanol–water partition coefficient (Wildman–Crippen LogP) is 2.23. The monoisotopic (exact) mass is 220 g/mol. The fourth-order valence-electron chi connectivity index (χ4n) is 1.54. The van der Waals surface area contributed by atoms with Crippen molar-refractivity contribution < 1.29 is 4.79 Å². The quantitative estimate of drug-likeness (QED) is 0.698. The van der Waals surface area contributed by atoms with Crippen molar-refractivity contribution in [2.75, 3.05) is 0 Å². The normalized spacial score (nSPS) is 12.3. The van der Waals surface area contributed by atoms with Gasteiger partial charge in [-0.15, -0.1) is 12.3 Å². The number of rotatable bonds is 6. The number of nitrogens with zero attached hydrogens (tertiary/aromatic N) is 1. The highest BCUT2D eigenvalue weighted by molar-refractivity contribution is 5.85. The zero-order valence-corrected chi connectivity index (χ0v) is 10.3. The first-order valence-electron chi connectivity index (χ1n) is 5.75. The van der Waals surface area contributed by atoms with Gasteiger partial charge in [0, 0.05) is 12.5 Å². The molecule has 1 amide bonds. The summed E-state index contributed by atoms with van der Waals surface area (Å²) in [5.74, 6) is 2.34. The van der Waals surface area contributed by atoms with Crippen molar-refractivity contribution in [3.63, 3.8) is 0 Å². The van der Waals surface area contributed by atoms with Crippen LogP contribution in [0.5, 0.6) is 0 Å². The smallest absolute Gasteiger partial charge is 0.240 e. The molecule has 0 saturated heterocycles. The third-order valence-electron chi connectivity index (χ3n) is 3.05. The Morgan fingerprint density at radius 1 is 1.44 bits per heavy atom. The van der Waals surface area contributed by atoms with Crippen LogP contribution in [-0.4, -0.2) is 11.9 Å². The molecule has 88 valence electrons. The van der Waals surface area contributed by atoms with Crippen molar-refractivity contribution in [2.24, 2.45) is 5.41 Å². The molecule has 0 rings (SSSR count). The van der Waals surface area contributed by atoms with Crippen molar-refractivity contribution in [1.29, 1.82) is 5.26 Å². The van der Waals surface area contributed by atoms with E-state index in [9.17, 15) is 4.79 Å². The standard InChI is InChI=1S/C13H20N2O/c1-5-9-11(6-2)15-12(16)13(7-3,8-4)10-14/h1,11H,6-9H2,2-4H3,(H,15,16). The van der Waals surface area contributed by atoms with Crippen LogP contribution < -0.4 is 5.32 Å². The van der Waals surface area contributed by atoms with Gasteiger partial charge in [-0.05, 0) is 19.3 Å². The zero-order valence-electron chi connectivity index (χ0n) is 10.3. The maximum atomic E-state index is 12.0. The van der Waals surface area contributed by atoms with Gasteiger partial charge in [-0.2, -0.15) is 5.26 Å². The molecule has 0 aromatic rings. The minimum atomic E-state index is -0.901. The van der Waals surface area contributed by atoms with Crippen LogP contribution in [-0.2, 0) is 4.79 Å². The van der Waals surface area contributed by atoms with Gasteiger partial charge in [-0.1, -0.05) is 20.8 Å². The molecule has 0 fully saturated rings. The van der Waals surface area contributed by atoms with Crippen molar-refractivity contribution >= 4 is 5.91 Å². The fraction of sp³-hybridized carbons (Fsp3) is 0.692. The van der Waals surface area contributed by atoms with E-state index in [4.69, 9.17) is 11.7 Å². The van der Waals surface area contributed by atoms with Crippen LogP contribution in [0.1, 0.15) is 46.5 Å². The summed E-state index contributed by atoms with van der Waals surface area (Å²) in [5.41, 5.74) is -0.901. The van der Waals surface area contributed by atoms with Crippen LogP contribution in [0.25, 0.3) is 0 Å². The molecule has 0 aliphatic heterocycles. The second-order valence-corrected chi connectivity index (χ2v) is 3.89. The largest absolute Gasteiger partial charge is 0.351 e. The third kappa shape index (κ3) is 3.28. The first-order valence-corrected chi connectivity index (χ1v) is 5.75. The Hall–Kier alpha value is -1.48. The Morgan fingerprint density at radius 2 is 2.00 bits per heavy atom. The lowest BCUT2D eigenvalue weighted by molar-refractivity contribution is -0.129. The molecule has 0 radical (unpaired) electrons. The Balaban J connectivity index is 4.67. The number of terminal acetylenes is 1. The minimum Gasteiger partial charge on any atom is -0.351 e. The van der Waals surface area contributed by atoms with E-state index in [-0.39, 0.29) is 11.9 Å². The summed E-state index contributed by atoms with van der Waals surface area (Å²) < 4.78 is 0. The van der Waals surface area contributed by atoms with Crippen LogP contribution in [0.3, 0.4) is 0 Å². The Bertz CT molecular complexity index is 305. The van der Waals surface area contributed by atoms with Crippen molar-refractivity contribution in [3.05, 3.63) is 0 Å². The molecular formula is C13H20N2O. The van der Waals surface area contributed by atoms with Gasteiger partial charge >= 0.3 is 0 Å². The van der Waals surface area contributed by atoms with E-state index >= 15 is 0 Å². The summed E-state index contributed by atoms with van der Waals surface area (Å²) in [5, 5.41) is 12.0. The van der Waals surface area contributed by atoms with Gasteiger partial charge < -0.3 is 5.32 Å². The Labute approximate surface area is 98.2 Å². The molecule has 0 saturated carbocycles. The molecule has 0 aliphatic carbocycles. The summed E-state index contributed by atoms with van der Waals surface area (Å²) in [4.78, 5) is 12.0. The van der Waals surface area contributed by atoms with Gasteiger partial charge in [-0.25, -0.2) is 0 Å². The van der Waals surface area contributed by atoms with Gasteiger partial charge in [0.05, 0.1) is 6.07 Å². The lowest BCUT2D eigenvalue weighted by Crippen LogP contribution is -2.44. The van der Waals surface area contributed by atoms with E-state index in [0.29, 0.717) is 19.3 Å². The van der Waals surface area contributed by atoms with Crippen LogP contribution in [0.15, 0.2) is 0 Å². The van der Waals surface area contributed by atoms with Crippen LogP contribution in [0, 0.1) is 29.1 Å². The summed E-state index contributed by atoms with van der Waals surface area (Å²) in [6, 6.07) is 2.10. The average molecular weight is 220 g/mol. The van der Waals surface area contributed by atoms with E-state index in [1.54, 1.807) is 0 Å². The lowest BCUT2D eigenvalue weighted by Gasteiger charge is -2.25. The fourth-order valence-corrected chi connectivity index (χ4v) is 1.54. The summed E-state index contributed by atoms with van der Waals surface area (Å²) in [6.07, 6.45) is 7.57. The molecule has 0 aliphatic rings. The van der Waals surface area contributed by atoms with Crippen LogP contribution in [0.2, 0.25) is 0 Å². The minimum absolute atomic E-state index is 0.0247. The molecule has 0 aromatic carbocycles. The van der Waals surface area contributed by atoms with Gasteiger partial charge in [0.25, 0.3) is 0 Å². The maximum absolute atomic E-state index is 12.0. The SMILES string of the molecule is C#CCC(CC)NC(=O)C(C#N)(CC)CC. The molecule has 1 unspecified atom stereocenters. The summed E-state index contributed by atoms with van der Waals surface area (Å²) in [7, 11) is 0. The van der Waals surface area contributed by atoms with Gasteiger partial charge in [-0.3, -0.25) is 4.79 Å². The lowest BCUT2D eigenvalue weighted by atomic mass is 9.82. The highest BCUT2D eigenvalue weighted by Gasteiger charge is 2.35. The first kappa shape index (κ1) is 14.5. The number of amides is 1. The highest BCUT2D eigenvalue weighted by Crippen LogP contribution is 2.25. The average Bonchev–Trinajstić information content (AvgIpc) is 2.31. The van der Waals surface area contributed by atoms with Crippen LogP contribution in [0.4, 0.5) is 0 Å². The van der Waals surface area contributed by atoms with E-state index in [1.807, 2.05) is 20.8 Å². The molecule has 1 N–H and O–H groups in total. The van der Waals surface area contributed by atoms with Gasteiger partial charge in [0.1, 0.15) is 5.41 Å². The van der Waals surface area contributed by atoms with Crippen molar-refractivity contribution in [1.82, 2.24) is 5.32 Å². The van der Waals surface area contributed by atoms with Crippen molar-refractivity contribution in [3.8, 4) is 18.4 Å². The molecule has 0 spiro atoms. The zero-order chi connectivity index (χ0) is 12.6. The molecule has 1 atom stereocenters. The van der Waals surface area contributed by atoms with Crippen LogP contribution >= 0.6 is 0 Å². The van der Waals surface area contributed by atoms with E-state index in [2.05, 4.69) is 17.3 Å². The second kappa shape index (κ2) is 6.90. The summed E-state index contributed by atoms with van der Waals surface area (Å²) >= 11 is 0. The topological polar surface area (TPSA) is 52.9 Å². The number of hydrogen-bond acceptors (Lipinski definition) is 2. The number of carbonyl (C=O) groups is 1. The second-order valence-electron chi connectivity index (χ2n) is 3.89. The number of hydrogen-bond donors (Lipinski definition) is 1. The molecule has 3 heteroatoms. The van der Waals surface area contributed by atoms with E-state index < -0.39 is 5.41 Å². The predicted molar refractivity (Wildman–Crippen MR) is 64.3 cm³/mol. The highest BCUT2D eigenvalue weighted by atomic mass is 16.2. The molecule has 16 heavy (non-hydrogen) atoms. The molecular weight excluding hydrogens is 200 g/mol. The molecule has 0 bridgehead atoms. The molecule has 3 nitrogen and oxygen atoms in total. The first-order chi connectivity index (χ1) is 7.60. The summed E-state index contributed by atoms with van der Waals surface area (Å²) in [6.45, 7) is 5.68. The number of carbonyl (C=O) groups excluding carboxylic acids is 1. The molecule has 0 heterocycles. The number of nitriles is 1. The Kier molecular flexibility index (Phi) is 6.27. The van der Waals surface area contributed by atoms with E-state index in [0.717, 1.165) is 6.42 Å². The third-order valence-corrected chi connectivity index (χ3v) is 3.05. The number of nitrogens with one attached hydrogen (secondary N) is 1. The van der Waals surface area contributed by atoms with E-state index in [1.165, 1.54) is 0 Å². The van der Waals surface area contributed by atoms with Gasteiger partial charge in [0.2, 0.25) is 5.91 Å². The van der Waals surface area contributed by atoms with Crippen molar-refractivity contribution in [2.45, 2.75) is 52.5 Å². The maximum Gasteiger partial charge on any atom is 0.240 e.